The number of carbonyl (C=O) groups is 2. The van der Waals surface area contributed by atoms with Crippen LogP contribution in [0.25, 0.3) is 0 Å². The summed E-state index contributed by atoms with van der Waals surface area (Å²) in [5.74, 6) is 0.142. The van der Waals surface area contributed by atoms with Gasteiger partial charge in [-0.1, -0.05) is 12.8 Å². The van der Waals surface area contributed by atoms with Crippen molar-refractivity contribution in [2.75, 3.05) is 13.2 Å². The predicted octanol–water partition coefficient (Wildman–Crippen LogP) is 0.825. The molecule has 2 aliphatic heterocycles. The number of carbonyl (C=O) groups excluding carboxylic acids is 2. The Morgan fingerprint density at radius 2 is 2.05 bits per heavy atom. The second kappa shape index (κ2) is 4.78. The van der Waals surface area contributed by atoms with Crippen LogP contribution in [0.2, 0.25) is 0 Å². The number of amides is 2. The van der Waals surface area contributed by atoms with Crippen LogP contribution in [0, 0.1) is 0 Å². The molecule has 5 nitrogen and oxygen atoms in total. The molecule has 106 valence electrons. The molecule has 1 saturated carbocycles. The Bertz CT molecular complexity index is 384. The molecular formula is C14H22N2O3. The van der Waals surface area contributed by atoms with Gasteiger partial charge in [0.25, 0.3) is 0 Å². The fourth-order valence-corrected chi connectivity index (χ4v) is 3.77. The van der Waals surface area contributed by atoms with Crippen LogP contribution in [0.5, 0.6) is 0 Å². The fourth-order valence-electron chi connectivity index (χ4n) is 3.77. The number of hydrogen-bond donors (Lipinski definition) is 1. The maximum Gasteiger partial charge on any atom is 0.248 e. The van der Waals surface area contributed by atoms with E-state index in [2.05, 4.69) is 5.32 Å². The first-order valence-corrected chi connectivity index (χ1v) is 7.34. The zero-order valence-corrected chi connectivity index (χ0v) is 11.5. The zero-order chi connectivity index (χ0) is 13.5. The van der Waals surface area contributed by atoms with Crippen molar-refractivity contribution in [2.45, 2.75) is 63.1 Å². The molecule has 5 heteroatoms. The molecule has 0 radical (unpaired) electrons. The van der Waals surface area contributed by atoms with Crippen molar-refractivity contribution in [2.24, 2.45) is 0 Å². The van der Waals surface area contributed by atoms with E-state index >= 15 is 0 Å². The topological polar surface area (TPSA) is 58.6 Å². The minimum atomic E-state index is -0.621. The largest absolute Gasteiger partial charge is 0.379 e. The van der Waals surface area contributed by atoms with E-state index in [0.717, 1.165) is 38.7 Å². The summed E-state index contributed by atoms with van der Waals surface area (Å²) in [5, 5.41) is 3.02. The minimum absolute atomic E-state index is 0.0177. The Morgan fingerprint density at radius 3 is 2.68 bits per heavy atom. The van der Waals surface area contributed by atoms with Crippen LogP contribution in [0.4, 0.5) is 0 Å². The molecule has 0 aromatic carbocycles. The summed E-state index contributed by atoms with van der Waals surface area (Å²) < 4.78 is 5.43. The SMILES string of the molecule is CC1CC(=O)NC2(CCCC2)C(=O)N1C1CCOC1. The van der Waals surface area contributed by atoms with Gasteiger partial charge in [0, 0.05) is 19.1 Å². The van der Waals surface area contributed by atoms with Crippen LogP contribution in [0.15, 0.2) is 0 Å². The summed E-state index contributed by atoms with van der Waals surface area (Å²) in [5.41, 5.74) is -0.621. The second-order valence-corrected chi connectivity index (χ2v) is 6.12. The molecule has 3 rings (SSSR count). The van der Waals surface area contributed by atoms with E-state index in [-0.39, 0.29) is 23.9 Å². The van der Waals surface area contributed by atoms with Gasteiger partial charge in [-0.3, -0.25) is 9.59 Å². The number of hydrogen-bond acceptors (Lipinski definition) is 3. The summed E-state index contributed by atoms with van der Waals surface area (Å²) in [6.45, 7) is 3.31. The van der Waals surface area contributed by atoms with Gasteiger partial charge in [-0.25, -0.2) is 0 Å². The maximum absolute atomic E-state index is 13.0. The second-order valence-electron chi connectivity index (χ2n) is 6.12. The molecule has 1 spiro atoms. The minimum Gasteiger partial charge on any atom is -0.379 e. The van der Waals surface area contributed by atoms with E-state index in [1.807, 2.05) is 11.8 Å². The molecule has 2 heterocycles. The summed E-state index contributed by atoms with van der Waals surface area (Å²) in [6, 6.07) is 0.117. The molecule has 0 bridgehead atoms. The molecule has 1 N–H and O–H groups in total. The van der Waals surface area contributed by atoms with Gasteiger partial charge in [0.2, 0.25) is 11.8 Å². The van der Waals surface area contributed by atoms with Crippen molar-refractivity contribution in [1.29, 1.82) is 0 Å². The van der Waals surface area contributed by atoms with Gasteiger partial charge in [0.15, 0.2) is 0 Å². The van der Waals surface area contributed by atoms with Gasteiger partial charge in [-0.15, -0.1) is 0 Å². The van der Waals surface area contributed by atoms with E-state index in [4.69, 9.17) is 4.74 Å². The first-order chi connectivity index (χ1) is 9.12. The third kappa shape index (κ3) is 2.14. The Labute approximate surface area is 113 Å². The van der Waals surface area contributed by atoms with Gasteiger partial charge in [0.05, 0.1) is 12.6 Å². The standard InChI is InChI=1S/C14H22N2O3/c1-10-8-12(17)15-14(5-2-3-6-14)13(18)16(10)11-4-7-19-9-11/h10-11H,2-9H2,1H3,(H,15,17). The number of nitrogens with one attached hydrogen (secondary N) is 1. The van der Waals surface area contributed by atoms with Gasteiger partial charge in [-0.05, 0) is 26.2 Å². The smallest absolute Gasteiger partial charge is 0.248 e. The Hall–Kier alpha value is -1.10. The molecule has 2 unspecified atom stereocenters. The zero-order valence-electron chi connectivity index (χ0n) is 11.5. The highest BCUT2D eigenvalue weighted by atomic mass is 16.5. The average Bonchev–Trinajstić information content (AvgIpc) is 2.98. The van der Waals surface area contributed by atoms with Gasteiger partial charge < -0.3 is 15.0 Å². The van der Waals surface area contributed by atoms with Gasteiger partial charge in [0.1, 0.15) is 5.54 Å². The van der Waals surface area contributed by atoms with E-state index < -0.39 is 5.54 Å². The lowest BCUT2D eigenvalue weighted by Gasteiger charge is -2.37. The van der Waals surface area contributed by atoms with Crippen molar-refractivity contribution in [3.05, 3.63) is 0 Å². The van der Waals surface area contributed by atoms with Crippen LogP contribution < -0.4 is 5.32 Å². The van der Waals surface area contributed by atoms with Crippen LogP contribution >= 0.6 is 0 Å². The summed E-state index contributed by atoms with van der Waals surface area (Å²) in [7, 11) is 0. The molecule has 0 aromatic heterocycles. The van der Waals surface area contributed by atoms with Crippen molar-refractivity contribution >= 4 is 11.8 Å². The summed E-state index contributed by atoms with van der Waals surface area (Å²) in [6.07, 6.45) is 4.91. The molecule has 3 aliphatic rings. The van der Waals surface area contributed by atoms with E-state index in [1.165, 1.54) is 0 Å². The Kier molecular flexibility index (Phi) is 3.25. The molecule has 19 heavy (non-hydrogen) atoms. The van der Waals surface area contributed by atoms with Crippen molar-refractivity contribution in [1.82, 2.24) is 10.2 Å². The van der Waals surface area contributed by atoms with E-state index in [0.29, 0.717) is 13.0 Å². The molecule has 0 aromatic rings. The number of ether oxygens (including phenoxy) is 1. The van der Waals surface area contributed by atoms with E-state index in [1.54, 1.807) is 0 Å². The summed E-state index contributed by atoms with van der Waals surface area (Å²) in [4.78, 5) is 26.9. The van der Waals surface area contributed by atoms with Gasteiger partial charge in [-0.2, -0.15) is 0 Å². The molecule has 1 aliphatic carbocycles. The Morgan fingerprint density at radius 1 is 1.32 bits per heavy atom. The van der Waals surface area contributed by atoms with Gasteiger partial charge >= 0.3 is 0 Å². The molecular weight excluding hydrogens is 244 g/mol. The normalized spacial score (nSPS) is 34.7. The van der Waals surface area contributed by atoms with Crippen molar-refractivity contribution < 1.29 is 14.3 Å². The van der Waals surface area contributed by atoms with Crippen LogP contribution in [0.3, 0.4) is 0 Å². The predicted molar refractivity (Wildman–Crippen MR) is 69.5 cm³/mol. The average molecular weight is 266 g/mol. The highest BCUT2D eigenvalue weighted by molar-refractivity contribution is 5.94. The third-order valence-electron chi connectivity index (χ3n) is 4.73. The first kappa shape index (κ1) is 12.9. The molecule has 2 saturated heterocycles. The Balaban J connectivity index is 1.91. The first-order valence-electron chi connectivity index (χ1n) is 7.34. The van der Waals surface area contributed by atoms with Crippen LogP contribution in [-0.2, 0) is 14.3 Å². The molecule has 2 atom stereocenters. The lowest BCUT2D eigenvalue weighted by Crippen LogP contribution is -2.58. The lowest BCUT2D eigenvalue weighted by atomic mass is 9.94. The van der Waals surface area contributed by atoms with Crippen molar-refractivity contribution in [3.63, 3.8) is 0 Å². The van der Waals surface area contributed by atoms with Crippen molar-refractivity contribution in [3.8, 4) is 0 Å². The molecule has 2 amide bonds. The van der Waals surface area contributed by atoms with E-state index in [9.17, 15) is 9.59 Å². The van der Waals surface area contributed by atoms with Crippen LogP contribution in [-0.4, -0.2) is 47.6 Å². The number of nitrogens with zero attached hydrogens (tertiary/aromatic N) is 1. The number of rotatable bonds is 1. The maximum atomic E-state index is 13.0. The fraction of sp³-hybridized carbons (Fsp3) is 0.857. The third-order valence-corrected chi connectivity index (χ3v) is 4.73. The monoisotopic (exact) mass is 266 g/mol. The summed E-state index contributed by atoms with van der Waals surface area (Å²) >= 11 is 0. The highest BCUT2D eigenvalue weighted by Crippen LogP contribution is 2.35. The lowest BCUT2D eigenvalue weighted by molar-refractivity contribution is -0.142. The molecule has 3 fully saturated rings. The highest BCUT2D eigenvalue weighted by Gasteiger charge is 2.49. The van der Waals surface area contributed by atoms with Crippen LogP contribution in [0.1, 0.15) is 45.4 Å². The quantitative estimate of drug-likeness (QED) is 0.764.